The van der Waals surface area contributed by atoms with Gasteiger partial charge in [-0.15, -0.1) is 0 Å². The van der Waals surface area contributed by atoms with Crippen molar-refractivity contribution in [2.45, 2.75) is 32.7 Å². The average Bonchev–Trinajstić information content (AvgIpc) is 3.13. The Bertz CT molecular complexity index is 742. The number of carbonyl (C=O) groups is 2. The summed E-state index contributed by atoms with van der Waals surface area (Å²) in [5.74, 6) is 0.0815. The minimum Gasteiger partial charge on any atom is -0.345 e. The largest absolute Gasteiger partial charge is 0.345 e. The van der Waals surface area contributed by atoms with Crippen LogP contribution in [0.3, 0.4) is 0 Å². The number of rotatable bonds is 2. The van der Waals surface area contributed by atoms with Crippen LogP contribution in [-0.2, 0) is 16.1 Å². The molecule has 0 aliphatic carbocycles. The Hall–Kier alpha value is -1.95. The molecule has 6 heteroatoms. The molecule has 3 aliphatic heterocycles. The minimum absolute atomic E-state index is 0.0716. The molecule has 1 aromatic carbocycles. The molecule has 4 rings (SSSR count). The molecule has 146 valence electrons. The minimum atomic E-state index is -0.407. The lowest BCUT2D eigenvalue weighted by Gasteiger charge is -2.46. The molecule has 3 saturated heterocycles. The van der Waals surface area contributed by atoms with E-state index in [1.807, 2.05) is 29.0 Å². The summed E-state index contributed by atoms with van der Waals surface area (Å²) in [7, 11) is 1.88. The van der Waals surface area contributed by atoms with Gasteiger partial charge in [-0.1, -0.05) is 12.1 Å². The summed E-state index contributed by atoms with van der Waals surface area (Å²) in [6, 6.07) is 6.68. The molecule has 3 heterocycles. The molecule has 5 nitrogen and oxygen atoms in total. The Labute approximate surface area is 160 Å². The van der Waals surface area contributed by atoms with Crippen LogP contribution in [0.2, 0.25) is 0 Å². The summed E-state index contributed by atoms with van der Waals surface area (Å²) >= 11 is 0. The lowest BCUT2D eigenvalue weighted by atomic mass is 9.60. The zero-order valence-corrected chi connectivity index (χ0v) is 16.2. The Kier molecular flexibility index (Phi) is 4.49. The van der Waals surface area contributed by atoms with Gasteiger partial charge in [0.1, 0.15) is 5.82 Å². The molecular formula is C21H28FN3O2. The first-order valence-corrected chi connectivity index (χ1v) is 9.83. The smallest absolute Gasteiger partial charge is 0.231 e. The molecule has 1 atom stereocenters. The first kappa shape index (κ1) is 18.4. The van der Waals surface area contributed by atoms with Crippen molar-refractivity contribution in [2.24, 2.45) is 10.8 Å². The number of hydrogen-bond donors (Lipinski definition) is 0. The molecule has 1 aromatic rings. The fraction of sp³-hybridized carbons (Fsp3) is 0.619. The van der Waals surface area contributed by atoms with Crippen LogP contribution in [0.4, 0.5) is 4.39 Å². The normalized spacial score (nSPS) is 27.9. The van der Waals surface area contributed by atoms with Crippen LogP contribution in [-0.4, -0.2) is 66.3 Å². The molecule has 0 radical (unpaired) electrons. The second-order valence-corrected chi connectivity index (χ2v) is 8.62. The van der Waals surface area contributed by atoms with Gasteiger partial charge < -0.3 is 9.80 Å². The SMILES string of the molecule is CC(=O)N1CC2(CCN(Cc3ccc(F)cc3)CC2)[C@@]2(CCN(C)C2=O)C1. The number of benzene rings is 1. The maximum Gasteiger partial charge on any atom is 0.231 e. The van der Waals surface area contributed by atoms with Gasteiger partial charge in [-0.05, 0) is 50.0 Å². The van der Waals surface area contributed by atoms with E-state index in [9.17, 15) is 14.0 Å². The number of piperidine rings is 1. The van der Waals surface area contributed by atoms with Gasteiger partial charge in [0, 0.05) is 45.6 Å². The zero-order valence-electron chi connectivity index (χ0n) is 16.2. The maximum absolute atomic E-state index is 13.1. The Morgan fingerprint density at radius 2 is 1.74 bits per heavy atom. The third kappa shape index (κ3) is 2.94. The second kappa shape index (κ2) is 6.59. The Balaban J connectivity index is 1.51. The van der Waals surface area contributed by atoms with Gasteiger partial charge in [-0.25, -0.2) is 4.39 Å². The second-order valence-electron chi connectivity index (χ2n) is 8.62. The predicted molar refractivity (Wildman–Crippen MR) is 100 cm³/mol. The number of halogens is 1. The number of amides is 2. The van der Waals surface area contributed by atoms with Crippen molar-refractivity contribution in [1.82, 2.24) is 14.7 Å². The molecule has 0 unspecified atom stereocenters. The summed E-state index contributed by atoms with van der Waals surface area (Å²) < 4.78 is 13.1. The summed E-state index contributed by atoms with van der Waals surface area (Å²) in [5, 5.41) is 0. The third-order valence-electron chi connectivity index (χ3n) is 7.18. The number of carbonyl (C=O) groups excluding carboxylic acids is 2. The van der Waals surface area contributed by atoms with Crippen LogP contribution in [0.1, 0.15) is 31.7 Å². The van der Waals surface area contributed by atoms with Crippen molar-refractivity contribution < 1.29 is 14.0 Å². The molecule has 2 amide bonds. The fourth-order valence-corrected chi connectivity index (χ4v) is 5.48. The summed E-state index contributed by atoms with van der Waals surface area (Å²) in [6.45, 7) is 6.28. The molecule has 0 N–H and O–H groups in total. The van der Waals surface area contributed by atoms with E-state index >= 15 is 0 Å². The fourth-order valence-electron chi connectivity index (χ4n) is 5.48. The average molecular weight is 373 g/mol. The Morgan fingerprint density at radius 1 is 1.07 bits per heavy atom. The van der Waals surface area contributed by atoms with Crippen molar-refractivity contribution >= 4 is 11.8 Å². The van der Waals surface area contributed by atoms with E-state index < -0.39 is 5.41 Å². The summed E-state index contributed by atoms with van der Waals surface area (Å²) in [4.78, 5) is 31.3. The van der Waals surface area contributed by atoms with Gasteiger partial charge in [-0.2, -0.15) is 0 Å². The molecule has 2 spiro atoms. The van der Waals surface area contributed by atoms with Crippen molar-refractivity contribution in [2.75, 3.05) is 39.8 Å². The van der Waals surface area contributed by atoms with E-state index in [0.717, 1.165) is 51.0 Å². The monoisotopic (exact) mass is 373 g/mol. The van der Waals surface area contributed by atoms with E-state index in [4.69, 9.17) is 0 Å². The van der Waals surface area contributed by atoms with Crippen molar-refractivity contribution in [1.29, 1.82) is 0 Å². The summed E-state index contributed by atoms with van der Waals surface area (Å²) in [6.07, 6.45) is 2.71. The Morgan fingerprint density at radius 3 is 2.30 bits per heavy atom. The molecular weight excluding hydrogens is 345 g/mol. The number of fused-ring (bicyclic) bond motifs is 1. The van der Waals surface area contributed by atoms with Crippen molar-refractivity contribution in [3.63, 3.8) is 0 Å². The quantitative estimate of drug-likeness (QED) is 0.798. The first-order valence-electron chi connectivity index (χ1n) is 9.83. The van der Waals surface area contributed by atoms with Crippen LogP contribution < -0.4 is 0 Å². The maximum atomic E-state index is 13.1. The topological polar surface area (TPSA) is 43.9 Å². The van der Waals surface area contributed by atoms with Crippen LogP contribution in [0.25, 0.3) is 0 Å². The number of nitrogens with zero attached hydrogens (tertiary/aromatic N) is 3. The molecule has 27 heavy (non-hydrogen) atoms. The number of hydrogen-bond acceptors (Lipinski definition) is 3. The van der Waals surface area contributed by atoms with Crippen LogP contribution in [0, 0.1) is 16.6 Å². The lowest BCUT2D eigenvalue weighted by molar-refractivity contribution is -0.141. The van der Waals surface area contributed by atoms with Gasteiger partial charge in [0.15, 0.2) is 0 Å². The molecule has 0 aromatic heterocycles. The highest BCUT2D eigenvalue weighted by molar-refractivity contribution is 5.88. The highest BCUT2D eigenvalue weighted by Crippen LogP contribution is 2.57. The third-order valence-corrected chi connectivity index (χ3v) is 7.18. The van der Waals surface area contributed by atoms with Gasteiger partial charge in [0.25, 0.3) is 0 Å². The highest BCUT2D eigenvalue weighted by Gasteiger charge is 2.65. The van der Waals surface area contributed by atoms with Gasteiger partial charge in [-0.3, -0.25) is 14.5 Å². The van der Waals surface area contributed by atoms with E-state index in [-0.39, 0.29) is 23.0 Å². The first-order chi connectivity index (χ1) is 12.9. The standard InChI is InChI=1S/C21H28FN3O2/c1-16(26)25-14-20(21(15-25)9-10-23(2)19(21)27)7-11-24(12-8-20)13-17-3-5-18(22)6-4-17/h3-6H,7-15H2,1-2H3/t21-/m0/s1. The van der Waals surface area contributed by atoms with Gasteiger partial charge in [0.05, 0.1) is 5.41 Å². The molecule has 0 saturated carbocycles. The van der Waals surface area contributed by atoms with E-state index in [1.54, 1.807) is 6.92 Å². The zero-order chi connectivity index (χ0) is 19.2. The van der Waals surface area contributed by atoms with Crippen LogP contribution >= 0.6 is 0 Å². The lowest BCUT2D eigenvalue weighted by Crippen LogP contribution is -2.52. The van der Waals surface area contributed by atoms with E-state index in [0.29, 0.717) is 13.1 Å². The van der Waals surface area contributed by atoms with Crippen LogP contribution in [0.15, 0.2) is 24.3 Å². The van der Waals surface area contributed by atoms with Gasteiger partial charge in [0.2, 0.25) is 11.8 Å². The molecule has 3 fully saturated rings. The highest BCUT2D eigenvalue weighted by atomic mass is 19.1. The van der Waals surface area contributed by atoms with Crippen molar-refractivity contribution in [3.05, 3.63) is 35.6 Å². The molecule has 3 aliphatic rings. The summed E-state index contributed by atoms with van der Waals surface area (Å²) in [5.41, 5.74) is 0.588. The predicted octanol–water partition coefficient (Wildman–Crippen LogP) is 2.12. The van der Waals surface area contributed by atoms with Gasteiger partial charge >= 0.3 is 0 Å². The van der Waals surface area contributed by atoms with E-state index in [1.165, 1.54) is 12.1 Å². The number of likely N-dealkylation sites (tertiary alicyclic amines) is 3. The van der Waals surface area contributed by atoms with Crippen LogP contribution in [0.5, 0.6) is 0 Å². The molecule has 0 bridgehead atoms. The van der Waals surface area contributed by atoms with Crippen molar-refractivity contribution in [3.8, 4) is 0 Å². The van der Waals surface area contributed by atoms with E-state index in [2.05, 4.69) is 4.90 Å².